The first-order valence-electron chi connectivity index (χ1n) is 5.86. The van der Waals surface area contributed by atoms with Crippen LogP contribution in [0.15, 0.2) is 12.1 Å². The van der Waals surface area contributed by atoms with Gasteiger partial charge in [-0.1, -0.05) is 6.92 Å². The molecular formula is C13H16F2O3. The van der Waals surface area contributed by atoms with Gasteiger partial charge in [0, 0.05) is 30.6 Å². The van der Waals surface area contributed by atoms with Crippen molar-refractivity contribution in [3.8, 4) is 11.5 Å². The zero-order chi connectivity index (χ0) is 13.3. The highest BCUT2D eigenvalue weighted by molar-refractivity contribution is 5.52. The second-order valence-corrected chi connectivity index (χ2v) is 4.56. The summed E-state index contributed by atoms with van der Waals surface area (Å²) in [6.45, 7) is 3.20. The Morgan fingerprint density at radius 2 is 2.00 bits per heavy atom. The standard InChI is InChI=1S/C13H16F2O3/c1-8(7-16)10-5-9(13(2,14)15)6-11-12(10)18-4-3-17-11/h5-6,8,16H,3-4,7H2,1-2H3. The molecule has 1 unspecified atom stereocenters. The van der Waals surface area contributed by atoms with Crippen LogP contribution in [0.25, 0.3) is 0 Å². The van der Waals surface area contributed by atoms with E-state index in [1.54, 1.807) is 6.92 Å². The van der Waals surface area contributed by atoms with E-state index in [0.717, 1.165) is 6.92 Å². The molecule has 0 amide bonds. The fourth-order valence-corrected chi connectivity index (χ4v) is 1.90. The van der Waals surface area contributed by atoms with Crippen molar-refractivity contribution in [2.45, 2.75) is 25.7 Å². The largest absolute Gasteiger partial charge is 0.486 e. The first-order valence-corrected chi connectivity index (χ1v) is 5.86. The lowest BCUT2D eigenvalue weighted by Gasteiger charge is -2.25. The Morgan fingerprint density at radius 1 is 1.33 bits per heavy atom. The van der Waals surface area contributed by atoms with Crippen LogP contribution in [0.5, 0.6) is 11.5 Å². The van der Waals surface area contributed by atoms with Crippen molar-refractivity contribution in [2.24, 2.45) is 0 Å². The van der Waals surface area contributed by atoms with E-state index in [0.29, 0.717) is 30.3 Å². The van der Waals surface area contributed by atoms with Crippen LogP contribution in [-0.2, 0) is 5.92 Å². The number of rotatable bonds is 3. The molecule has 1 atom stereocenters. The second-order valence-electron chi connectivity index (χ2n) is 4.56. The van der Waals surface area contributed by atoms with Gasteiger partial charge in [0.25, 0.3) is 5.92 Å². The van der Waals surface area contributed by atoms with Crippen LogP contribution in [-0.4, -0.2) is 24.9 Å². The van der Waals surface area contributed by atoms with Crippen LogP contribution in [0, 0.1) is 0 Å². The lowest BCUT2D eigenvalue weighted by molar-refractivity contribution is 0.0167. The Balaban J connectivity index is 2.55. The number of aliphatic hydroxyl groups is 1. The zero-order valence-corrected chi connectivity index (χ0v) is 10.4. The maximum Gasteiger partial charge on any atom is 0.270 e. The Kier molecular flexibility index (Phi) is 3.43. The summed E-state index contributed by atoms with van der Waals surface area (Å²) >= 11 is 0. The van der Waals surface area contributed by atoms with Gasteiger partial charge < -0.3 is 14.6 Å². The van der Waals surface area contributed by atoms with E-state index in [4.69, 9.17) is 9.47 Å². The molecule has 0 spiro atoms. The summed E-state index contributed by atoms with van der Waals surface area (Å²) in [5.74, 6) is -2.42. The first-order chi connectivity index (χ1) is 8.43. The molecule has 0 fully saturated rings. The summed E-state index contributed by atoms with van der Waals surface area (Å²) in [5.41, 5.74) is 0.438. The van der Waals surface area contributed by atoms with Gasteiger partial charge in [0.1, 0.15) is 13.2 Å². The van der Waals surface area contributed by atoms with Crippen LogP contribution < -0.4 is 9.47 Å². The molecule has 1 N–H and O–H groups in total. The van der Waals surface area contributed by atoms with Crippen LogP contribution in [0.2, 0.25) is 0 Å². The van der Waals surface area contributed by atoms with Crippen LogP contribution in [0.1, 0.15) is 30.9 Å². The number of alkyl halides is 2. The van der Waals surface area contributed by atoms with E-state index in [9.17, 15) is 13.9 Å². The van der Waals surface area contributed by atoms with Crippen molar-refractivity contribution >= 4 is 0 Å². The third-order valence-corrected chi connectivity index (χ3v) is 2.98. The molecule has 0 saturated heterocycles. The molecular weight excluding hydrogens is 242 g/mol. The first kappa shape index (κ1) is 13.1. The van der Waals surface area contributed by atoms with Gasteiger partial charge in [0.2, 0.25) is 0 Å². The number of halogens is 2. The summed E-state index contributed by atoms with van der Waals surface area (Å²) in [5, 5.41) is 9.20. The van der Waals surface area contributed by atoms with E-state index < -0.39 is 5.92 Å². The number of benzene rings is 1. The second kappa shape index (κ2) is 4.72. The van der Waals surface area contributed by atoms with Gasteiger partial charge in [-0.25, -0.2) is 8.78 Å². The minimum absolute atomic E-state index is 0.123. The lowest BCUT2D eigenvalue weighted by atomic mass is 9.95. The summed E-state index contributed by atoms with van der Waals surface area (Å²) < 4.78 is 37.6. The van der Waals surface area contributed by atoms with E-state index in [-0.39, 0.29) is 18.1 Å². The third kappa shape index (κ3) is 2.41. The maximum absolute atomic E-state index is 13.4. The van der Waals surface area contributed by atoms with Crippen LogP contribution in [0.4, 0.5) is 8.78 Å². The smallest absolute Gasteiger partial charge is 0.270 e. The minimum Gasteiger partial charge on any atom is -0.486 e. The minimum atomic E-state index is -2.94. The molecule has 5 heteroatoms. The predicted octanol–water partition coefficient (Wildman–Crippen LogP) is 2.67. The third-order valence-electron chi connectivity index (χ3n) is 2.98. The topological polar surface area (TPSA) is 38.7 Å². The van der Waals surface area contributed by atoms with Gasteiger partial charge in [-0.2, -0.15) is 0 Å². The van der Waals surface area contributed by atoms with E-state index in [1.165, 1.54) is 12.1 Å². The fraction of sp³-hybridized carbons (Fsp3) is 0.538. The average molecular weight is 258 g/mol. The highest BCUT2D eigenvalue weighted by atomic mass is 19.3. The molecule has 0 aromatic heterocycles. The Hall–Kier alpha value is -1.36. The summed E-state index contributed by atoms with van der Waals surface area (Å²) in [6.07, 6.45) is 0. The number of aliphatic hydroxyl groups excluding tert-OH is 1. The van der Waals surface area contributed by atoms with E-state index in [2.05, 4.69) is 0 Å². The van der Waals surface area contributed by atoms with Crippen molar-refractivity contribution in [2.75, 3.05) is 19.8 Å². The monoisotopic (exact) mass is 258 g/mol. The molecule has 0 bridgehead atoms. The Labute approximate surface area is 104 Å². The van der Waals surface area contributed by atoms with E-state index >= 15 is 0 Å². The molecule has 0 saturated carbocycles. The lowest BCUT2D eigenvalue weighted by Crippen LogP contribution is -2.19. The molecule has 18 heavy (non-hydrogen) atoms. The molecule has 1 aliphatic heterocycles. The van der Waals surface area contributed by atoms with Gasteiger partial charge in [-0.05, 0) is 12.1 Å². The van der Waals surface area contributed by atoms with E-state index in [1.807, 2.05) is 0 Å². The van der Waals surface area contributed by atoms with Crippen LogP contribution >= 0.6 is 0 Å². The summed E-state index contributed by atoms with van der Waals surface area (Å²) in [6, 6.07) is 2.69. The number of hydrogen-bond donors (Lipinski definition) is 1. The maximum atomic E-state index is 13.4. The zero-order valence-electron chi connectivity index (χ0n) is 10.4. The Bertz CT molecular complexity index is 441. The van der Waals surface area contributed by atoms with Crippen molar-refractivity contribution in [1.82, 2.24) is 0 Å². The van der Waals surface area contributed by atoms with Gasteiger partial charge in [0.05, 0.1) is 0 Å². The Morgan fingerprint density at radius 3 is 2.61 bits per heavy atom. The molecule has 1 aromatic rings. The van der Waals surface area contributed by atoms with Crippen molar-refractivity contribution in [3.05, 3.63) is 23.3 Å². The van der Waals surface area contributed by atoms with Crippen molar-refractivity contribution in [1.29, 1.82) is 0 Å². The average Bonchev–Trinajstić information content (AvgIpc) is 2.35. The molecule has 0 aliphatic carbocycles. The predicted molar refractivity (Wildman–Crippen MR) is 62.5 cm³/mol. The number of fused-ring (bicyclic) bond motifs is 1. The molecule has 1 aliphatic rings. The highest BCUT2D eigenvalue weighted by Gasteiger charge is 2.29. The SMILES string of the molecule is CC(CO)c1cc(C(C)(F)F)cc2c1OCCO2. The summed E-state index contributed by atoms with van der Waals surface area (Å²) in [4.78, 5) is 0. The van der Waals surface area contributed by atoms with Gasteiger partial charge in [-0.15, -0.1) is 0 Å². The van der Waals surface area contributed by atoms with Crippen molar-refractivity contribution < 1.29 is 23.4 Å². The quantitative estimate of drug-likeness (QED) is 0.905. The number of ether oxygens (including phenoxy) is 2. The molecule has 100 valence electrons. The fourth-order valence-electron chi connectivity index (χ4n) is 1.90. The molecule has 2 rings (SSSR count). The molecule has 0 radical (unpaired) electrons. The van der Waals surface area contributed by atoms with Crippen LogP contribution in [0.3, 0.4) is 0 Å². The molecule has 1 aromatic carbocycles. The van der Waals surface area contributed by atoms with Gasteiger partial charge >= 0.3 is 0 Å². The summed E-state index contributed by atoms with van der Waals surface area (Å²) in [7, 11) is 0. The van der Waals surface area contributed by atoms with Gasteiger partial charge in [0.15, 0.2) is 11.5 Å². The highest BCUT2D eigenvalue weighted by Crippen LogP contribution is 2.42. The van der Waals surface area contributed by atoms with Gasteiger partial charge in [-0.3, -0.25) is 0 Å². The normalized spacial score (nSPS) is 16.5. The molecule has 3 nitrogen and oxygen atoms in total. The molecule has 1 heterocycles. The number of hydrogen-bond acceptors (Lipinski definition) is 3. The van der Waals surface area contributed by atoms with Crippen molar-refractivity contribution in [3.63, 3.8) is 0 Å².